The highest BCUT2D eigenvalue weighted by Gasteiger charge is 2.22. The molecule has 0 saturated carbocycles. The van der Waals surface area contributed by atoms with E-state index in [1.807, 2.05) is 0 Å². The number of hydrogen-bond donors (Lipinski definition) is 2. The summed E-state index contributed by atoms with van der Waals surface area (Å²) in [5.41, 5.74) is -2.62. The molecule has 0 spiro atoms. The molecule has 3 rings (SSSR count). The molecule has 3 heterocycles. The van der Waals surface area contributed by atoms with Crippen molar-refractivity contribution in [2.75, 3.05) is 0 Å². The van der Waals surface area contributed by atoms with Crippen molar-refractivity contribution in [2.24, 2.45) is 0 Å². The second kappa shape index (κ2) is 4.41. The first-order valence-corrected chi connectivity index (χ1v) is 5.45. The van der Waals surface area contributed by atoms with Gasteiger partial charge < -0.3 is 19.7 Å². The second-order valence-corrected chi connectivity index (χ2v) is 3.88. The zero-order chi connectivity index (χ0) is 16.0. The van der Waals surface area contributed by atoms with Gasteiger partial charge in [-0.15, -0.1) is 0 Å². The third-order valence-electron chi connectivity index (χ3n) is 2.68. The van der Waals surface area contributed by atoms with Crippen molar-refractivity contribution in [2.45, 2.75) is 0 Å². The van der Waals surface area contributed by atoms with E-state index in [1.165, 1.54) is 0 Å². The molecule has 0 aliphatic heterocycles. The number of nitrogens with zero attached hydrogens (tertiary/aromatic N) is 4. The van der Waals surface area contributed by atoms with Gasteiger partial charge in [0, 0.05) is 0 Å². The summed E-state index contributed by atoms with van der Waals surface area (Å²) in [7, 11) is 0. The van der Waals surface area contributed by atoms with Crippen LogP contribution in [0.5, 0.6) is 11.8 Å². The Balaban J connectivity index is 2.39. The first kappa shape index (κ1) is 13.3. The SMILES string of the molecule is O=C(O)Oc1ncn2c(=O)c3c(OC(=O)O)ncn3c(=O)c12. The van der Waals surface area contributed by atoms with Crippen molar-refractivity contribution in [1.82, 2.24) is 18.8 Å². The minimum absolute atomic E-state index is 0.431. The Morgan fingerprint density at radius 3 is 1.55 bits per heavy atom. The molecule has 0 aromatic carbocycles. The lowest BCUT2D eigenvalue weighted by molar-refractivity contribution is 0.142. The fourth-order valence-electron chi connectivity index (χ4n) is 1.90. The first-order chi connectivity index (χ1) is 10.4. The molecular weight excluding hydrogens is 304 g/mol. The summed E-state index contributed by atoms with van der Waals surface area (Å²) in [6.07, 6.45) is -1.69. The number of hydrogen-bond acceptors (Lipinski definition) is 8. The van der Waals surface area contributed by atoms with Crippen molar-refractivity contribution in [3.05, 3.63) is 33.4 Å². The third kappa shape index (κ3) is 1.78. The number of carbonyl (C=O) groups is 2. The highest BCUT2D eigenvalue weighted by molar-refractivity contribution is 5.70. The van der Waals surface area contributed by atoms with Gasteiger partial charge in [-0.2, -0.15) is 0 Å². The monoisotopic (exact) mass is 308 g/mol. The lowest BCUT2D eigenvalue weighted by Crippen LogP contribution is -2.26. The summed E-state index contributed by atoms with van der Waals surface area (Å²) >= 11 is 0. The summed E-state index contributed by atoms with van der Waals surface area (Å²) < 4.78 is 10.0. The lowest BCUT2D eigenvalue weighted by atomic mass is 10.4. The van der Waals surface area contributed by atoms with Gasteiger partial charge in [-0.25, -0.2) is 19.6 Å². The maximum absolute atomic E-state index is 12.3. The molecule has 3 aromatic rings. The zero-order valence-electron chi connectivity index (χ0n) is 10.3. The largest absolute Gasteiger partial charge is 0.512 e. The molecule has 0 aliphatic carbocycles. The fourth-order valence-corrected chi connectivity index (χ4v) is 1.90. The maximum atomic E-state index is 12.3. The Bertz CT molecular complexity index is 951. The van der Waals surface area contributed by atoms with Gasteiger partial charge in [-0.05, 0) is 0 Å². The average molecular weight is 308 g/mol. The Labute approximate surface area is 117 Å². The maximum Gasteiger partial charge on any atom is 0.512 e. The molecular formula is C10H4N4O8. The summed E-state index contributed by atoms with van der Waals surface area (Å²) in [6, 6.07) is 0. The van der Waals surface area contributed by atoms with Crippen LogP contribution in [-0.4, -0.2) is 41.3 Å². The van der Waals surface area contributed by atoms with Crippen molar-refractivity contribution >= 4 is 23.3 Å². The number of imidazole rings is 2. The molecule has 0 atom stereocenters. The molecule has 0 radical (unpaired) electrons. The highest BCUT2D eigenvalue weighted by atomic mass is 16.7. The molecule has 0 amide bonds. The van der Waals surface area contributed by atoms with E-state index in [1.54, 1.807) is 0 Å². The van der Waals surface area contributed by atoms with Crippen LogP contribution in [0.25, 0.3) is 11.0 Å². The van der Waals surface area contributed by atoms with E-state index >= 15 is 0 Å². The molecule has 112 valence electrons. The van der Waals surface area contributed by atoms with E-state index in [2.05, 4.69) is 19.4 Å². The van der Waals surface area contributed by atoms with Gasteiger partial charge >= 0.3 is 12.3 Å². The molecule has 22 heavy (non-hydrogen) atoms. The normalized spacial score (nSPS) is 10.9. The predicted molar refractivity (Wildman–Crippen MR) is 65.0 cm³/mol. The summed E-state index contributed by atoms with van der Waals surface area (Å²) in [5.74, 6) is -1.16. The third-order valence-corrected chi connectivity index (χ3v) is 2.68. The minimum atomic E-state index is -1.71. The van der Waals surface area contributed by atoms with Gasteiger partial charge in [0.1, 0.15) is 12.7 Å². The van der Waals surface area contributed by atoms with Crippen molar-refractivity contribution in [3.8, 4) is 11.8 Å². The van der Waals surface area contributed by atoms with Gasteiger partial charge in [0.05, 0.1) is 0 Å². The van der Waals surface area contributed by atoms with E-state index in [0.717, 1.165) is 12.7 Å². The highest BCUT2D eigenvalue weighted by Crippen LogP contribution is 2.17. The molecule has 0 fully saturated rings. The lowest BCUT2D eigenvalue weighted by Gasteiger charge is -1.99. The minimum Gasteiger partial charge on any atom is -0.449 e. The molecule has 12 heteroatoms. The van der Waals surface area contributed by atoms with E-state index in [9.17, 15) is 19.2 Å². The van der Waals surface area contributed by atoms with Crippen LogP contribution >= 0.6 is 0 Å². The molecule has 3 aromatic heterocycles. The van der Waals surface area contributed by atoms with E-state index < -0.39 is 46.2 Å². The van der Waals surface area contributed by atoms with Crippen LogP contribution in [0.3, 0.4) is 0 Å². The van der Waals surface area contributed by atoms with Crippen molar-refractivity contribution < 1.29 is 29.3 Å². The van der Waals surface area contributed by atoms with Gasteiger partial charge in [0.25, 0.3) is 22.9 Å². The van der Waals surface area contributed by atoms with Gasteiger partial charge in [-0.3, -0.25) is 18.4 Å². The molecule has 0 bridgehead atoms. The Hall–Kier alpha value is -3.70. The Kier molecular flexibility index (Phi) is 2.66. The van der Waals surface area contributed by atoms with Gasteiger partial charge in [0.15, 0.2) is 11.0 Å². The van der Waals surface area contributed by atoms with Crippen LogP contribution in [0, 0.1) is 0 Å². The van der Waals surface area contributed by atoms with Crippen LogP contribution < -0.4 is 20.6 Å². The van der Waals surface area contributed by atoms with Crippen LogP contribution in [-0.2, 0) is 0 Å². The molecule has 0 saturated heterocycles. The quantitative estimate of drug-likeness (QED) is 0.576. The molecule has 0 unspecified atom stereocenters. The summed E-state index contributed by atoms with van der Waals surface area (Å²) in [5, 5.41) is 17.1. The zero-order valence-corrected chi connectivity index (χ0v) is 10.3. The van der Waals surface area contributed by atoms with Crippen LogP contribution in [0.1, 0.15) is 0 Å². The fraction of sp³-hybridized carbons (Fsp3) is 0. The van der Waals surface area contributed by atoms with Crippen LogP contribution in [0.2, 0.25) is 0 Å². The number of aromatic nitrogens is 4. The summed E-state index contributed by atoms with van der Waals surface area (Å²) in [6.45, 7) is 0. The smallest absolute Gasteiger partial charge is 0.449 e. The van der Waals surface area contributed by atoms with Crippen molar-refractivity contribution in [3.63, 3.8) is 0 Å². The van der Waals surface area contributed by atoms with Gasteiger partial charge in [0.2, 0.25) is 0 Å². The predicted octanol–water partition coefficient (Wildman–Crippen LogP) is -0.746. The number of ether oxygens (including phenoxy) is 2. The average Bonchev–Trinajstić information content (AvgIpc) is 3.00. The molecule has 0 aliphatic rings. The van der Waals surface area contributed by atoms with Crippen LogP contribution in [0.4, 0.5) is 9.59 Å². The Morgan fingerprint density at radius 1 is 0.864 bits per heavy atom. The van der Waals surface area contributed by atoms with E-state index in [-0.39, 0.29) is 0 Å². The topological polar surface area (TPSA) is 162 Å². The molecule has 12 nitrogen and oxygen atoms in total. The Morgan fingerprint density at radius 2 is 1.23 bits per heavy atom. The van der Waals surface area contributed by atoms with E-state index in [0.29, 0.717) is 8.80 Å². The number of fused-ring (bicyclic) bond motifs is 2. The first-order valence-electron chi connectivity index (χ1n) is 5.45. The van der Waals surface area contributed by atoms with Gasteiger partial charge in [-0.1, -0.05) is 0 Å². The number of rotatable bonds is 2. The summed E-state index contributed by atoms with van der Waals surface area (Å²) in [4.78, 5) is 52.6. The standard InChI is InChI=1S/C10H4N4O8/c15-7-4-6(22-10(19)20)12-2-14(4)8(16)3-5(21-9(17)18)11-1-13(3)7/h1-2H,(H,17,18)(H,19,20). The van der Waals surface area contributed by atoms with Crippen molar-refractivity contribution in [1.29, 1.82) is 0 Å². The van der Waals surface area contributed by atoms with Crippen LogP contribution in [0.15, 0.2) is 22.2 Å². The second-order valence-electron chi connectivity index (χ2n) is 3.88. The number of carboxylic acid groups (broad SMARTS) is 2. The molecule has 2 N–H and O–H groups in total. The van der Waals surface area contributed by atoms with E-state index in [4.69, 9.17) is 10.2 Å².